The second-order valence-electron chi connectivity index (χ2n) is 6.79. The molecule has 0 atom stereocenters. The van der Waals surface area contributed by atoms with E-state index >= 15 is 0 Å². The van der Waals surface area contributed by atoms with Crippen LogP contribution in [-0.4, -0.2) is 22.8 Å². The molecule has 0 aliphatic carbocycles. The van der Waals surface area contributed by atoms with Gasteiger partial charge in [0.2, 0.25) is 0 Å². The van der Waals surface area contributed by atoms with E-state index in [1.807, 2.05) is 0 Å². The van der Waals surface area contributed by atoms with Gasteiger partial charge in [0.1, 0.15) is 16.5 Å². The van der Waals surface area contributed by atoms with Gasteiger partial charge in [0.15, 0.2) is 0 Å². The molecule has 3 aromatic rings. The molecule has 7 nitrogen and oxygen atoms in total. The normalized spacial score (nSPS) is 13.5. The van der Waals surface area contributed by atoms with E-state index in [4.69, 9.17) is 23.2 Å². The number of halogens is 2. The minimum Gasteiger partial charge on any atom is -0.508 e. The summed E-state index contributed by atoms with van der Waals surface area (Å²) in [6.45, 7) is 0. The molecular formula is C23H15Cl2N3O4. The van der Waals surface area contributed by atoms with Crippen molar-refractivity contribution in [3.63, 3.8) is 0 Å². The molecule has 3 aromatic carbocycles. The molecule has 0 saturated heterocycles. The van der Waals surface area contributed by atoms with Crippen molar-refractivity contribution in [3.05, 3.63) is 94.1 Å². The summed E-state index contributed by atoms with van der Waals surface area (Å²) in [5, 5.41) is 15.0. The van der Waals surface area contributed by atoms with Gasteiger partial charge >= 0.3 is 0 Å². The Hall–Kier alpha value is -3.81. The Kier molecular flexibility index (Phi) is 5.85. The van der Waals surface area contributed by atoms with Gasteiger partial charge < -0.3 is 15.7 Å². The van der Waals surface area contributed by atoms with Crippen molar-refractivity contribution in [1.29, 1.82) is 0 Å². The van der Waals surface area contributed by atoms with E-state index in [0.29, 0.717) is 16.9 Å². The number of aromatic hydroxyl groups is 1. The molecule has 32 heavy (non-hydrogen) atoms. The van der Waals surface area contributed by atoms with Gasteiger partial charge in [0.25, 0.3) is 17.7 Å². The first-order valence-electron chi connectivity index (χ1n) is 9.35. The minimum atomic E-state index is -0.686. The van der Waals surface area contributed by atoms with Crippen molar-refractivity contribution in [2.24, 2.45) is 0 Å². The molecule has 1 heterocycles. The van der Waals surface area contributed by atoms with Gasteiger partial charge in [-0.1, -0.05) is 41.4 Å². The van der Waals surface area contributed by atoms with Gasteiger partial charge in [-0.15, -0.1) is 0 Å². The SMILES string of the molecule is O=C(Nc1cccc(O)c1)c1ccc(NC2=C(Cl)C(=O)N(c3ccccc3Cl)C2=O)cc1. The van der Waals surface area contributed by atoms with Crippen LogP contribution in [0.25, 0.3) is 0 Å². The summed E-state index contributed by atoms with van der Waals surface area (Å²) < 4.78 is 0. The number of nitrogens with one attached hydrogen (secondary N) is 2. The molecule has 0 unspecified atom stereocenters. The summed E-state index contributed by atoms with van der Waals surface area (Å²) in [7, 11) is 0. The lowest BCUT2D eigenvalue weighted by Crippen LogP contribution is -2.32. The Morgan fingerprint density at radius 2 is 1.56 bits per heavy atom. The van der Waals surface area contributed by atoms with Crippen LogP contribution >= 0.6 is 23.2 Å². The molecule has 3 N–H and O–H groups in total. The Labute approximate surface area is 192 Å². The zero-order valence-corrected chi connectivity index (χ0v) is 17.8. The van der Waals surface area contributed by atoms with Crippen molar-refractivity contribution in [2.75, 3.05) is 15.5 Å². The van der Waals surface area contributed by atoms with Crippen molar-refractivity contribution in [2.45, 2.75) is 0 Å². The van der Waals surface area contributed by atoms with E-state index in [0.717, 1.165) is 4.90 Å². The average Bonchev–Trinajstić information content (AvgIpc) is 2.98. The van der Waals surface area contributed by atoms with Gasteiger partial charge in [-0.3, -0.25) is 14.4 Å². The zero-order chi connectivity index (χ0) is 22.8. The lowest BCUT2D eigenvalue weighted by molar-refractivity contribution is -0.120. The highest BCUT2D eigenvalue weighted by atomic mass is 35.5. The second-order valence-corrected chi connectivity index (χ2v) is 7.58. The Balaban J connectivity index is 1.49. The largest absolute Gasteiger partial charge is 0.508 e. The minimum absolute atomic E-state index is 0.0362. The van der Waals surface area contributed by atoms with Crippen LogP contribution in [0.5, 0.6) is 5.75 Å². The zero-order valence-electron chi connectivity index (χ0n) is 16.3. The van der Waals surface area contributed by atoms with Crippen LogP contribution in [0.15, 0.2) is 83.5 Å². The van der Waals surface area contributed by atoms with Gasteiger partial charge in [-0.05, 0) is 48.5 Å². The third kappa shape index (κ3) is 4.16. The van der Waals surface area contributed by atoms with Crippen LogP contribution in [0.1, 0.15) is 10.4 Å². The second kappa shape index (κ2) is 8.74. The molecule has 0 saturated carbocycles. The van der Waals surface area contributed by atoms with Crippen LogP contribution in [0, 0.1) is 0 Å². The number of amides is 3. The molecule has 0 bridgehead atoms. The predicted molar refractivity (Wildman–Crippen MR) is 123 cm³/mol. The molecule has 9 heteroatoms. The lowest BCUT2D eigenvalue weighted by atomic mass is 10.2. The quantitative estimate of drug-likeness (QED) is 0.471. The summed E-state index contributed by atoms with van der Waals surface area (Å²) in [6.07, 6.45) is 0. The molecule has 3 amide bonds. The van der Waals surface area contributed by atoms with E-state index in [1.54, 1.807) is 60.7 Å². The summed E-state index contributed by atoms with van der Waals surface area (Å²) in [5.74, 6) is -1.67. The number of para-hydroxylation sites is 1. The van der Waals surface area contributed by atoms with Crippen LogP contribution < -0.4 is 15.5 Å². The van der Waals surface area contributed by atoms with Gasteiger partial charge in [0, 0.05) is 23.0 Å². The van der Waals surface area contributed by atoms with Crippen LogP contribution in [-0.2, 0) is 9.59 Å². The Morgan fingerprint density at radius 3 is 2.25 bits per heavy atom. The van der Waals surface area contributed by atoms with Crippen LogP contribution in [0.2, 0.25) is 5.02 Å². The lowest BCUT2D eigenvalue weighted by Gasteiger charge is -2.16. The fourth-order valence-electron chi connectivity index (χ4n) is 3.10. The molecular weight excluding hydrogens is 453 g/mol. The Bertz CT molecular complexity index is 1270. The first kappa shape index (κ1) is 21.4. The van der Waals surface area contributed by atoms with E-state index in [-0.39, 0.29) is 33.1 Å². The van der Waals surface area contributed by atoms with Crippen LogP contribution in [0.3, 0.4) is 0 Å². The third-order valence-electron chi connectivity index (χ3n) is 4.64. The highest BCUT2D eigenvalue weighted by Gasteiger charge is 2.39. The van der Waals surface area contributed by atoms with Crippen molar-refractivity contribution < 1.29 is 19.5 Å². The smallest absolute Gasteiger partial charge is 0.283 e. The van der Waals surface area contributed by atoms with Crippen LogP contribution in [0.4, 0.5) is 17.1 Å². The Morgan fingerprint density at radius 1 is 0.844 bits per heavy atom. The monoisotopic (exact) mass is 467 g/mol. The van der Waals surface area contributed by atoms with Crippen molar-refractivity contribution in [1.82, 2.24) is 0 Å². The summed E-state index contributed by atoms with van der Waals surface area (Å²) >= 11 is 12.3. The number of carbonyl (C=O) groups excluding carboxylic acids is 3. The number of phenolic OH excluding ortho intramolecular Hbond substituents is 1. The van der Waals surface area contributed by atoms with E-state index in [1.165, 1.54) is 12.1 Å². The van der Waals surface area contributed by atoms with E-state index in [9.17, 15) is 19.5 Å². The topological polar surface area (TPSA) is 98.7 Å². The maximum Gasteiger partial charge on any atom is 0.283 e. The van der Waals surface area contributed by atoms with Crippen molar-refractivity contribution in [3.8, 4) is 5.75 Å². The molecule has 1 aliphatic heterocycles. The molecule has 160 valence electrons. The number of anilines is 3. The number of imide groups is 1. The van der Waals surface area contributed by atoms with Crippen molar-refractivity contribution >= 4 is 58.0 Å². The van der Waals surface area contributed by atoms with Gasteiger partial charge in [-0.25, -0.2) is 4.90 Å². The maximum atomic E-state index is 12.8. The summed E-state index contributed by atoms with van der Waals surface area (Å²) in [6, 6.07) is 18.9. The highest BCUT2D eigenvalue weighted by molar-refractivity contribution is 6.53. The predicted octanol–water partition coefficient (Wildman–Crippen LogP) is 4.73. The average molecular weight is 468 g/mol. The number of benzene rings is 3. The van der Waals surface area contributed by atoms with E-state index < -0.39 is 11.8 Å². The molecule has 4 rings (SSSR count). The number of rotatable bonds is 5. The molecule has 0 fully saturated rings. The number of carbonyl (C=O) groups is 3. The fourth-order valence-corrected chi connectivity index (χ4v) is 3.53. The number of phenols is 1. The number of hydrogen-bond acceptors (Lipinski definition) is 5. The molecule has 1 aliphatic rings. The number of nitrogens with zero attached hydrogens (tertiary/aromatic N) is 1. The fraction of sp³-hybridized carbons (Fsp3) is 0. The van der Waals surface area contributed by atoms with Gasteiger partial charge in [-0.2, -0.15) is 0 Å². The standard InChI is InChI=1S/C23H15Cl2N3O4/c24-17-6-1-2-7-18(17)28-22(31)19(25)20(23(28)32)26-14-10-8-13(9-11-14)21(30)27-15-4-3-5-16(29)12-15/h1-12,26,29H,(H,27,30). The third-order valence-corrected chi connectivity index (χ3v) is 5.31. The summed E-state index contributed by atoms with van der Waals surface area (Å²) in [4.78, 5) is 38.7. The molecule has 0 aromatic heterocycles. The highest BCUT2D eigenvalue weighted by Crippen LogP contribution is 2.34. The van der Waals surface area contributed by atoms with Gasteiger partial charge in [0.05, 0.1) is 10.7 Å². The maximum absolute atomic E-state index is 12.8. The van der Waals surface area contributed by atoms with E-state index in [2.05, 4.69) is 10.6 Å². The number of hydrogen-bond donors (Lipinski definition) is 3. The first-order valence-corrected chi connectivity index (χ1v) is 10.1. The summed E-state index contributed by atoms with van der Waals surface area (Å²) in [5.41, 5.74) is 1.40. The first-order chi connectivity index (χ1) is 15.3. The molecule has 0 spiro atoms. The molecule has 0 radical (unpaired) electrons.